The highest BCUT2D eigenvalue weighted by Crippen LogP contribution is 2.28. The van der Waals surface area contributed by atoms with Crippen molar-refractivity contribution in [1.29, 1.82) is 0 Å². The van der Waals surface area contributed by atoms with E-state index in [9.17, 15) is 4.79 Å². The minimum absolute atomic E-state index is 0.0513. The molecule has 40 heavy (non-hydrogen) atoms. The van der Waals surface area contributed by atoms with Crippen molar-refractivity contribution < 1.29 is 14.3 Å². The third kappa shape index (κ3) is 7.43. The number of carbonyl (C=O) groups excluding carboxylic acids is 1. The van der Waals surface area contributed by atoms with Crippen LogP contribution in [0.3, 0.4) is 0 Å². The van der Waals surface area contributed by atoms with Gasteiger partial charge in [-0.3, -0.25) is 9.69 Å². The third-order valence-corrected chi connectivity index (χ3v) is 6.82. The molecule has 0 radical (unpaired) electrons. The van der Waals surface area contributed by atoms with Gasteiger partial charge in [0.1, 0.15) is 18.7 Å². The molecule has 8 nitrogen and oxygen atoms in total. The molecule has 206 valence electrons. The van der Waals surface area contributed by atoms with Gasteiger partial charge in [0, 0.05) is 62.9 Å². The second-order valence-corrected chi connectivity index (χ2v) is 10.1. The number of hydrogen-bond donors (Lipinski definition) is 1. The number of hydrogen-bond acceptors (Lipinski definition) is 7. The maximum Gasteiger partial charge on any atom is 0.238 e. The first-order chi connectivity index (χ1) is 19.5. The summed E-state index contributed by atoms with van der Waals surface area (Å²) < 4.78 is 12.0. The summed E-state index contributed by atoms with van der Waals surface area (Å²) in [5.74, 6) is 0.799. The number of anilines is 2. The van der Waals surface area contributed by atoms with Crippen LogP contribution in [0.15, 0.2) is 85.5 Å². The maximum absolute atomic E-state index is 13.0. The average Bonchev–Trinajstić information content (AvgIpc) is 2.96. The Morgan fingerprint density at radius 2 is 1.73 bits per heavy atom. The van der Waals surface area contributed by atoms with Crippen LogP contribution in [0.2, 0.25) is 0 Å². The summed E-state index contributed by atoms with van der Waals surface area (Å²) in [4.78, 5) is 25.4. The SMILES string of the molecule is CN(C)c1ccc(NC(=O)CN2CCOCCOc3ccc(-c4cncnc4)cc3Cc3cccc(c3)C2)cc1. The molecule has 1 aliphatic heterocycles. The van der Waals surface area contributed by atoms with Gasteiger partial charge >= 0.3 is 0 Å². The zero-order valence-corrected chi connectivity index (χ0v) is 23.0. The van der Waals surface area contributed by atoms with Crippen molar-refractivity contribution in [1.82, 2.24) is 14.9 Å². The van der Waals surface area contributed by atoms with E-state index < -0.39 is 0 Å². The zero-order valence-electron chi connectivity index (χ0n) is 23.0. The lowest BCUT2D eigenvalue weighted by molar-refractivity contribution is -0.117. The molecule has 0 saturated carbocycles. The molecule has 3 aromatic carbocycles. The number of carbonyl (C=O) groups is 1. The predicted molar refractivity (Wildman–Crippen MR) is 158 cm³/mol. The second-order valence-electron chi connectivity index (χ2n) is 10.1. The Hall–Kier alpha value is -4.27. The average molecular weight is 538 g/mol. The Kier molecular flexibility index (Phi) is 9.00. The van der Waals surface area contributed by atoms with Gasteiger partial charge in [0.2, 0.25) is 5.91 Å². The lowest BCUT2D eigenvalue weighted by atomic mass is 9.98. The summed E-state index contributed by atoms with van der Waals surface area (Å²) in [5, 5.41) is 3.03. The highest BCUT2D eigenvalue weighted by atomic mass is 16.5. The number of aromatic nitrogens is 2. The molecule has 2 heterocycles. The fourth-order valence-corrected chi connectivity index (χ4v) is 4.77. The molecule has 1 aromatic heterocycles. The minimum Gasteiger partial charge on any atom is -0.491 e. The van der Waals surface area contributed by atoms with Crippen molar-refractivity contribution in [3.8, 4) is 16.9 Å². The van der Waals surface area contributed by atoms with Gasteiger partial charge in [-0.05, 0) is 58.7 Å². The summed E-state index contributed by atoms with van der Waals surface area (Å²) in [6.07, 6.45) is 5.88. The van der Waals surface area contributed by atoms with Crippen LogP contribution in [0.1, 0.15) is 16.7 Å². The van der Waals surface area contributed by atoms with Crippen LogP contribution in [-0.2, 0) is 22.5 Å². The van der Waals surface area contributed by atoms with Gasteiger partial charge in [0.05, 0.1) is 19.8 Å². The van der Waals surface area contributed by atoms with E-state index >= 15 is 0 Å². The molecule has 1 amide bonds. The van der Waals surface area contributed by atoms with Crippen molar-refractivity contribution in [2.24, 2.45) is 0 Å². The summed E-state index contributed by atoms with van der Waals surface area (Å²) in [7, 11) is 3.99. The maximum atomic E-state index is 13.0. The van der Waals surface area contributed by atoms with Gasteiger partial charge in [-0.1, -0.05) is 30.3 Å². The highest BCUT2D eigenvalue weighted by molar-refractivity contribution is 5.92. The van der Waals surface area contributed by atoms with Crippen LogP contribution in [-0.4, -0.2) is 67.8 Å². The summed E-state index contributed by atoms with van der Waals surface area (Å²) in [6.45, 7) is 2.98. The number of ether oxygens (including phenoxy) is 2. The molecule has 0 atom stereocenters. The minimum atomic E-state index is -0.0513. The Balaban J connectivity index is 1.32. The normalized spacial score (nSPS) is 14.3. The molecular weight excluding hydrogens is 502 g/mol. The molecule has 0 saturated heterocycles. The molecule has 0 spiro atoms. The lowest BCUT2D eigenvalue weighted by Gasteiger charge is -2.23. The number of nitrogens with zero attached hydrogens (tertiary/aromatic N) is 4. The van der Waals surface area contributed by atoms with Crippen molar-refractivity contribution in [3.05, 3.63) is 102 Å². The van der Waals surface area contributed by atoms with Gasteiger partial charge in [0.15, 0.2) is 0 Å². The van der Waals surface area contributed by atoms with Crippen LogP contribution in [0, 0.1) is 0 Å². The summed E-state index contributed by atoms with van der Waals surface area (Å²) in [5.41, 5.74) is 7.30. The number of fused-ring (bicyclic) bond motifs is 3. The van der Waals surface area contributed by atoms with Crippen LogP contribution in [0.4, 0.5) is 11.4 Å². The standard InChI is InChI=1S/C32H35N5O3/c1-36(2)30-9-7-29(8-10-30)35-32(38)22-37-12-13-39-14-15-40-31-11-6-26(28-19-33-23-34-20-28)18-27(31)17-24-4-3-5-25(16-24)21-37/h3-11,16,18-20,23H,12-15,17,21-22H2,1-2H3,(H,35,38). The van der Waals surface area contributed by atoms with Crippen LogP contribution >= 0.6 is 0 Å². The van der Waals surface area contributed by atoms with E-state index in [-0.39, 0.29) is 12.5 Å². The summed E-state index contributed by atoms with van der Waals surface area (Å²) in [6, 6.07) is 22.6. The van der Waals surface area contributed by atoms with Gasteiger partial charge in [0.25, 0.3) is 0 Å². The van der Waals surface area contributed by atoms with Crippen molar-refractivity contribution in [2.45, 2.75) is 13.0 Å². The largest absolute Gasteiger partial charge is 0.491 e. The number of benzene rings is 3. The van der Waals surface area contributed by atoms with Crippen LogP contribution < -0.4 is 15.0 Å². The molecular formula is C32H35N5O3. The predicted octanol–water partition coefficient (Wildman–Crippen LogP) is 4.65. The number of nitrogens with one attached hydrogen (secondary N) is 1. The number of amides is 1. The van der Waals surface area contributed by atoms with Gasteiger partial charge in [-0.2, -0.15) is 0 Å². The fourth-order valence-electron chi connectivity index (χ4n) is 4.77. The zero-order chi connectivity index (χ0) is 27.7. The Morgan fingerprint density at radius 3 is 2.52 bits per heavy atom. The first-order valence-electron chi connectivity index (χ1n) is 13.5. The Bertz CT molecular complexity index is 1410. The van der Waals surface area contributed by atoms with E-state index in [1.54, 1.807) is 0 Å². The Labute approximate surface area is 235 Å². The molecule has 0 aliphatic carbocycles. The van der Waals surface area contributed by atoms with Gasteiger partial charge in [-0.15, -0.1) is 0 Å². The van der Waals surface area contributed by atoms with Crippen molar-refractivity contribution in [2.75, 3.05) is 57.2 Å². The molecule has 0 unspecified atom stereocenters. The third-order valence-electron chi connectivity index (χ3n) is 6.82. The van der Waals surface area contributed by atoms with E-state index in [0.717, 1.165) is 45.8 Å². The lowest BCUT2D eigenvalue weighted by Crippen LogP contribution is -2.35. The van der Waals surface area contributed by atoms with Crippen molar-refractivity contribution in [3.63, 3.8) is 0 Å². The molecule has 0 fully saturated rings. The monoisotopic (exact) mass is 537 g/mol. The van der Waals surface area contributed by atoms with E-state index in [1.165, 1.54) is 11.9 Å². The quantitative estimate of drug-likeness (QED) is 0.397. The second kappa shape index (κ2) is 13.2. The highest BCUT2D eigenvalue weighted by Gasteiger charge is 2.15. The first kappa shape index (κ1) is 27.3. The Morgan fingerprint density at radius 1 is 0.925 bits per heavy atom. The van der Waals surface area contributed by atoms with Gasteiger partial charge < -0.3 is 19.7 Å². The summed E-state index contributed by atoms with van der Waals surface area (Å²) >= 11 is 0. The smallest absolute Gasteiger partial charge is 0.238 e. The molecule has 1 N–H and O–H groups in total. The van der Waals surface area contributed by atoms with Crippen molar-refractivity contribution >= 4 is 17.3 Å². The van der Waals surface area contributed by atoms with E-state index in [1.807, 2.05) is 67.8 Å². The molecule has 8 heteroatoms. The fraction of sp³-hybridized carbons (Fsp3) is 0.281. The van der Waals surface area contributed by atoms with E-state index in [4.69, 9.17) is 9.47 Å². The molecule has 5 rings (SSSR count). The molecule has 1 aliphatic rings. The first-order valence-corrected chi connectivity index (χ1v) is 13.5. The molecule has 2 bridgehead atoms. The van der Waals surface area contributed by atoms with E-state index in [2.05, 4.69) is 50.5 Å². The van der Waals surface area contributed by atoms with Crippen LogP contribution in [0.25, 0.3) is 11.1 Å². The number of rotatable bonds is 5. The van der Waals surface area contributed by atoms with Gasteiger partial charge in [-0.25, -0.2) is 9.97 Å². The molecule has 4 aromatic rings. The van der Waals surface area contributed by atoms with Crippen LogP contribution in [0.5, 0.6) is 5.75 Å². The topological polar surface area (TPSA) is 79.8 Å². The van der Waals surface area contributed by atoms with E-state index in [0.29, 0.717) is 32.9 Å².